The second-order valence-electron chi connectivity index (χ2n) is 7.67. The van der Waals surface area contributed by atoms with Gasteiger partial charge in [0.1, 0.15) is 12.0 Å². The molecular formula is C22H24FN5O2. The van der Waals surface area contributed by atoms with Crippen LogP contribution in [0.25, 0.3) is 11.0 Å². The van der Waals surface area contributed by atoms with E-state index in [9.17, 15) is 14.0 Å². The summed E-state index contributed by atoms with van der Waals surface area (Å²) in [5, 5.41) is 5.61. The van der Waals surface area contributed by atoms with E-state index in [2.05, 4.69) is 20.6 Å². The number of benzene rings is 1. The zero-order valence-electron chi connectivity index (χ0n) is 16.7. The van der Waals surface area contributed by atoms with Crippen molar-refractivity contribution in [3.8, 4) is 0 Å². The van der Waals surface area contributed by atoms with Crippen LogP contribution in [0.2, 0.25) is 0 Å². The molecule has 1 aromatic carbocycles. The lowest BCUT2D eigenvalue weighted by Gasteiger charge is -2.14. The molecule has 1 saturated heterocycles. The van der Waals surface area contributed by atoms with Gasteiger partial charge in [-0.3, -0.25) is 14.5 Å². The van der Waals surface area contributed by atoms with Crippen LogP contribution in [-0.4, -0.2) is 58.9 Å². The zero-order chi connectivity index (χ0) is 21.1. The molecular weight excluding hydrogens is 385 g/mol. The molecule has 0 radical (unpaired) electrons. The minimum atomic E-state index is -0.991. The lowest BCUT2D eigenvalue weighted by Crippen LogP contribution is -2.35. The van der Waals surface area contributed by atoms with Crippen LogP contribution in [0.3, 0.4) is 0 Å². The lowest BCUT2D eigenvalue weighted by atomic mass is 10.1. The Balaban J connectivity index is 1.38. The number of hydrogen-bond donors (Lipinski definition) is 3. The van der Waals surface area contributed by atoms with Crippen molar-refractivity contribution in [2.24, 2.45) is 0 Å². The van der Waals surface area contributed by atoms with E-state index in [1.807, 2.05) is 54.4 Å². The van der Waals surface area contributed by atoms with Crippen molar-refractivity contribution in [3.05, 3.63) is 59.8 Å². The molecule has 2 aromatic heterocycles. The van der Waals surface area contributed by atoms with Crippen molar-refractivity contribution in [2.45, 2.75) is 25.2 Å². The number of anilines is 1. The number of hydrogen-bond acceptors (Lipinski definition) is 5. The van der Waals surface area contributed by atoms with E-state index < -0.39 is 12.2 Å². The molecule has 7 nitrogen and oxygen atoms in total. The van der Waals surface area contributed by atoms with Gasteiger partial charge in [0.25, 0.3) is 0 Å². The number of H-pyrrole nitrogens is 1. The summed E-state index contributed by atoms with van der Waals surface area (Å²) in [6.07, 6.45) is -0.814. The highest BCUT2D eigenvalue weighted by atomic mass is 19.1. The van der Waals surface area contributed by atoms with Gasteiger partial charge in [-0.05, 0) is 25.2 Å². The number of fused-ring (bicyclic) bond motifs is 1. The Morgan fingerprint density at radius 1 is 1.23 bits per heavy atom. The number of ketones is 1. The maximum absolute atomic E-state index is 13.3. The third kappa shape index (κ3) is 4.72. The molecule has 0 unspecified atom stereocenters. The van der Waals surface area contributed by atoms with Crippen LogP contribution in [-0.2, 0) is 11.3 Å². The summed E-state index contributed by atoms with van der Waals surface area (Å²) in [5.41, 5.74) is 3.17. The smallest absolute Gasteiger partial charge is 0.242 e. The van der Waals surface area contributed by atoms with E-state index in [0.717, 1.165) is 11.2 Å². The fraction of sp³-hybridized carbons (Fsp3) is 0.318. The summed E-state index contributed by atoms with van der Waals surface area (Å²) >= 11 is 0. The topological polar surface area (TPSA) is 90.1 Å². The van der Waals surface area contributed by atoms with Crippen LogP contribution in [0, 0.1) is 0 Å². The van der Waals surface area contributed by atoms with Crippen LogP contribution in [0.5, 0.6) is 0 Å². The fourth-order valence-corrected chi connectivity index (χ4v) is 3.63. The molecule has 3 N–H and O–H groups in total. The number of likely N-dealkylation sites (N-methyl/N-ethyl adjacent to an activating group) is 1. The first-order valence-electron chi connectivity index (χ1n) is 9.91. The highest BCUT2D eigenvalue weighted by molar-refractivity contribution is 5.97. The molecule has 1 amide bonds. The summed E-state index contributed by atoms with van der Waals surface area (Å²) < 4.78 is 13.3. The highest BCUT2D eigenvalue weighted by Crippen LogP contribution is 2.18. The number of nitrogens with one attached hydrogen (secondary N) is 3. The van der Waals surface area contributed by atoms with Gasteiger partial charge < -0.3 is 15.6 Å². The Bertz CT molecular complexity index is 1050. The summed E-state index contributed by atoms with van der Waals surface area (Å²) in [6, 6.07) is 14.1. The number of Topliss-reactive ketones (excluding diaryl/α,β-unsaturated/α-hetero) is 1. The molecule has 0 spiro atoms. The molecule has 156 valence electrons. The molecule has 1 aliphatic heterocycles. The Morgan fingerprint density at radius 2 is 2.03 bits per heavy atom. The van der Waals surface area contributed by atoms with E-state index in [0.29, 0.717) is 30.0 Å². The normalized spacial score (nSPS) is 18.8. The third-order valence-corrected chi connectivity index (χ3v) is 5.13. The van der Waals surface area contributed by atoms with Crippen molar-refractivity contribution in [1.29, 1.82) is 0 Å². The van der Waals surface area contributed by atoms with Gasteiger partial charge in [-0.1, -0.05) is 30.3 Å². The summed E-state index contributed by atoms with van der Waals surface area (Å²) in [7, 11) is 1.89. The van der Waals surface area contributed by atoms with Gasteiger partial charge in [0, 0.05) is 30.8 Å². The quantitative estimate of drug-likeness (QED) is 0.522. The second kappa shape index (κ2) is 8.73. The van der Waals surface area contributed by atoms with Crippen LogP contribution >= 0.6 is 0 Å². The number of aromatic nitrogens is 2. The number of nitrogens with zero attached hydrogens (tertiary/aromatic N) is 2. The minimum Gasteiger partial charge on any atom is -0.356 e. The van der Waals surface area contributed by atoms with Crippen molar-refractivity contribution < 1.29 is 14.0 Å². The first-order chi connectivity index (χ1) is 14.5. The SMILES string of the molecule is CN(CC(=O)c1ccccc1)Cc1cc2nc(NC(=O)[C@H]3C[C@@H](F)CN3)ccc2[nH]1. The number of amides is 1. The van der Waals surface area contributed by atoms with Crippen molar-refractivity contribution in [3.63, 3.8) is 0 Å². The summed E-state index contributed by atoms with van der Waals surface area (Å²) in [6.45, 7) is 1.06. The van der Waals surface area contributed by atoms with E-state index in [-0.39, 0.29) is 24.7 Å². The average Bonchev–Trinajstić information content (AvgIpc) is 3.33. The van der Waals surface area contributed by atoms with Crippen LogP contribution in [0.1, 0.15) is 22.5 Å². The third-order valence-electron chi connectivity index (χ3n) is 5.13. The molecule has 0 saturated carbocycles. The molecule has 0 aliphatic carbocycles. The van der Waals surface area contributed by atoms with E-state index >= 15 is 0 Å². The molecule has 4 rings (SSSR count). The molecule has 3 aromatic rings. The minimum absolute atomic E-state index is 0.0633. The van der Waals surface area contributed by atoms with Gasteiger partial charge in [0.2, 0.25) is 5.91 Å². The predicted octanol–water partition coefficient (Wildman–Crippen LogP) is 2.52. The number of rotatable bonds is 7. The molecule has 8 heteroatoms. The number of aromatic amines is 1. The van der Waals surface area contributed by atoms with Crippen LogP contribution < -0.4 is 10.6 Å². The Morgan fingerprint density at radius 3 is 2.77 bits per heavy atom. The highest BCUT2D eigenvalue weighted by Gasteiger charge is 2.29. The number of carbonyl (C=O) groups excluding carboxylic acids is 2. The zero-order valence-corrected chi connectivity index (χ0v) is 16.7. The number of pyridine rings is 1. The van der Waals surface area contributed by atoms with E-state index in [4.69, 9.17) is 0 Å². The van der Waals surface area contributed by atoms with E-state index in [1.165, 1.54) is 0 Å². The van der Waals surface area contributed by atoms with E-state index in [1.54, 1.807) is 6.07 Å². The monoisotopic (exact) mass is 409 g/mol. The van der Waals surface area contributed by atoms with Gasteiger partial charge in [0.15, 0.2) is 5.78 Å². The van der Waals surface area contributed by atoms with Gasteiger partial charge in [0.05, 0.1) is 23.6 Å². The van der Waals surface area contributed by atoms with Gasteiger partial charge >= 0.3 is 0 Å². The van der Waals surface area contributed by atoms with Crippen LogP contribution in [0.4, 0.5) is 10.2 Å². The van der Waals surface area contributed by atoms with Gasteiger partial charge in [-0.25, -0.2) is 9.37 Å². The first kappa shape index (κ1) is 20.2. The Hall–Kier alpha value is -3.10. The maximum atomic E-state index is 13.3. The molecule has 1 fully saturated rings. The average molecular weight is 409 g/mol. The second-order valence-corrected chi connectivity index (χ2v) is 7.67. The Kier molecular flexibility index (Phi) is 5.87. The fourth-order valence-electron chi connectivity index (χ4n) is 3.63. The standard InChI is InChI=1S/C22H24FN5O2/c1-28(13-20(29)14-5-3-2-4-6-14)12-16-10-18-17(25-16)7-8-21(26-18)27-22(30)19-9-15(23)11-24-19/h2-8,10,15,19,24-25H,9,11-13H2,1H3,(H,26,27,30)/t15-,19-/m1/s1. The molecule has 3 heterocycles. The summed E-state index contributed by atoms with van der Waals surface area (Å²) in [5.74, 6) is 0.208. The number of halogens is 1. The molecule has 1 aliphatic rings. The summed E-state index contributed by atoms with van der Waals surface area (Å²) in [4.78, 5) is 34.3. The largest absolute Gasteiger partial charge is 0.356 e. The first-order valence-corrected chi connectivity index (χ1v) is 9.91. The molecule has 30 heavy (non-hydrogen) atoms. The van der Waals surface area contributed by atoms with Gasteiger partial charge in [-0.2, -0.15) is 0 Å². The Labute approximate surface area is 173 Å². The van der Waals surface area contributed by atoms with Crippen molar-refractivity contribution >= 4 is 28.5 Å². The number of alkyl halides is 1. The maximum Gasteiger partial charge on any atom is 0.242 e. The van der Waals surface area contributed by atoms with Crippen LogP contribution in [0.15, 0.2) is 48.5 Å². The number of carbonyl (C=O) groups is 2. The van der Waals surface area contributed by atoms with Crippen molar-refractivity contribution in [2.75, 3.05) is 25.5 Å². The predicted molar refractivity (Wildman–Crippen MR) is 113 cm³/mol. The molecule has 2 atom stereocenters. The van der Waals surface area contributed by atoms with Gasteiger partial charge in [-0.15, -0.1) is 0 Å². The van der Waals surface area contributed by atoms with Crippen molar-refractivity contribution in [1.82, 2.24) is 20.2 Å². The molecule has 0 bridgehead atoms. The lowest BCUT2D eigenvalue weighted by molar-refractivity contribution is -0.117.